The lowest BCUT2D eigenvalue weighted by molar-refractivity contribution is -0.120. The van der Waals surface area contributed by atoms with Gasteiger partial charge in [0.25, 0.3) is 0 Å². The fraction of sp³-hybridized carbons (Fsp3) is 0.273. The molecular formula is C22H26N6O4. The molecule has 0 fully saturated rings. The van der Waals surface area contributed by atoms with E-state index in [9.17, 15) is 14.4 Å². The van der Waals surface area contributed by atoms with Gasteiger partial charge in [-0.15, -0.1) is 0 Å². The molecule has 0 aliphatic carbocycles. The van der Waals surface area contributed by atoms with Crippen LogP contribution in [0.25, 0.3) is 10.9 Å². The maximum Gasteiger partial charge on any atom is 0.325 e. The average molecular weight is 438 g/mol. The van der Waals surface area contributed by atoms with E-state index in [1.807, 2.05) is 19.9 Å². The summed E-state index contributed by atoms with van der Waals surface area (Å²) in [5, 5.41) is 8.56. The van der Waals surface area contributed by atoms with Crippen LogP contribution in [0.5, 0.6) is 11.5 Å². The summed E-state index contributed by atoms with van der Waals surface area (Å²) in [6, 6.07) is 8.75. The van der Waals surface area contributed by atoms with E-state index in [1.165, 1.54) is 10.8 Å². The molecule has 3 rings (SSSR count). The van der Waals surface area contributed by atoms with Crippen molar-refractivity contribution >= 4 is 34.7 Å². The third-order valence-corrected chi connectivity index (χ3v) is 4.66. The van der Waals surface area contributed by atoms with Gasteiger partial charge in [0, 0.05) is 30.9 Å². The number of hydrogen-bond donors (Lipinski definition) is 4. The molecule has 10 nitrogen and oxygen atoms in total. The van der Waals surface area contributed by atoms with Gasteiger partial charge in [-0.25, -0.2) is 14.6 Å². The fourth-order valence-electron chi connectivity index (χ4n) is 3.19. The lowest BCUT2D eigenvalue weighted by Gasteiger charge is -2.17. The van der Waals surface area contributed by atoms with E-state index in [4.69, 9.17) is 10.5 Å². The molecular weight excluding hydrogens is 412 g/mol. The van der Waals surface area contributed by atoms with E-state index >= 15 is 0 Å². The Hall–Kier alpha value is -4.08. The van der Waals surface area contributed by atoms with Crippen LogP contribution in [0.2, 0.25) is 0 Å². The van der Waals surface area contributed by atoms with Gasteiger partial charge in [-0.3, -0.25) is 14.7 Å². The van der Waals surface area contributed by atoms with Crippen molar-refractivity contribution < 1.29 is 19.1 Å². The molecule has 0 saturated heterocycles. The Labute approximate surface area is 185 Å². The number of urea groups is 1. The molecule has 0 bridgehead atoms. The van der Waals surface area contributed by atoms with Gasteiger partial charge in [0.05, 0.1) is 5.52 Å². The van der Waals surface area contributed by atoms with Crippen LogP contribution in [0.3, 0.4) is 0 Å². The molecule has 1 atom stereocenters. The molecule has 1 unspecified atom stereocenters. The first-order valence-corrected chi connectivity index (χ1v) is 10.1. The highest BCUT2D eigenvalue weighted by Gasteiger charge is 2.19. The van der Waals surface area contributed by atoms with Gasteiger partial charge >= 0.3 is 12.1 Å². The first-order valence-electron chi connectivity index (χ1n) is 10.1. The van der Waals surface area contributed by atoms with Crippen LogP contribution in [0.1, 0.15) is 20.3 Å². The van der Waals surface area contributed by atoms with Crippen LogP contribution < -0.4 is 26.4 Å². The number of pyridine rings is 1. The molecule has 10 heteroatoms. The molecule has 32 heavy (non-hydrogen) atoms. The zero-order chi connectivity index (χ0) is 23.3. The van der Waals surface area contributed by atoms with E-state index in [-0.39, 0.29) is 17.8 Å². The van der Waals surface area contributed by atoms with Gasteiger partial charge in [-0.2, -0.15) is 0 Å². The van der Waals surface area contributed by atoms with Crippen LogP contribution in [-0.4, -0.2) is 40.6 Å². The topological polar surface area (TPSA) is 140 Å². The molecule has 5 N–H and O–H groups in total. The molecule has 0 radical (unpaired) electrons. The number of nitrogens with two attached hydrogens (primary N) is 1. The second-order valence-electron chi connectivity index (χ2n) is 7.62. The Bertz CT molecular complexity index is 1140. The summed E-state index contributed by atoms with van der Waals surface area (Å²) in [4.78, 5) is 39.8. The van der Waals surface area contributed by atoms with Crippen molar-refractivity contribution in [3.63, 3.8) is 0 Å². The minimum Gasteiger partial charge on any atom is -0.457 e. The van der Waals surface area contributed by atoms with Crippen LogP contribution in [0.4, 0.5) is 15.4 Å². The average Bonchev–Trinajstić information content (AvgIpc) is 3.15. The third-order valence-electron chi connectivity index (χ3n) is 4.66. The quantitative estimate of drug-likeness (QED) is 0.449. The van der Waals surface area contributed by atoms with Crippen LogP contribution in [0.15, 0.2) is 48.8 Å². The molecule has 2 heterocycles. The zero-order valence-electron chi connectivity index (χ0n) is 18.1. The fourth-order valence-corrected chi connectivity index (χ4v) is 3.19. The molecule has 0 aliphatic heterocycles. The highest BCUT2D eigenvalue weighted by Crippen LogP contribution is 2.27. The number of aromatic nitrogens is 2. The predicted octanol–water partition coefficient (Wildman–Crippen LogP) is 3.04. The van der Waals surface area contributed by atoms with Crippen molar-refractivity contribution in [3.8, 4) is 11.5 Å². The van der Waals surface area contributed by atoms with Crippen LogP contribution >= 0.6 is 0 Å². The SMILES string of the molecule is CNC(=O)n1ccc2cc(Oc3ccnc(NC(=O)NC(CC(C)C)C(N)=O)c3)ccc21. The highest BCUT2D eigenvalue weighted by molar-refractivity contribution is 5.93. The van der Waals surface area contributed by atoms with E-state index < -0.39 is 18.0 Å². The van der Waals surface area contributed by atoms with Gasteiger partial charge < -0.3 is 21.1 Å². The Morgan fingerprint density at radius 1 is 1.12 bits per heavy atom. The van der Waals surface area contributed by atoms with Crippen molar-refractivity contribution in [2.75, 3.05) is 12.4 Å². The number of carbonyl (C=O) groups is 3. The second kappa shape index (κ2) is 9.82. The molecule has 0 spiro atoms. The number of hydrogen-bond acceptors (Lipinski definition) is 5. The highest BCUT2D eigenvalue weighted by atomic mass is 16.5. The lowest BCUT2D eigenvalue weighted by atomic mass is 10.0. The molecule has 0 saturated carbocycles. The first-order chi connectivity index (χ1) is 15.3. The van der Waals surface area contributed by atoms with Crippen LogP contribution in [0, 0.1) is 5.92 Å². The summed E-state index contributed by atoms with van der Waals surface area (Å²) in [6.07, 6.45) is 3.60. The number of fused-ring (bicyclic) bond motifs is 1. The summed E-state index contributed by atoms with van der Waals surface area (Å²) in [7, 11) is 1.57. The number of carbonyl (C=O) groups excluding carboxylic acids is 3. The van der Waals surface area contributed by atoms with Crippen molar-refractivity contribution in [2.24, 2.45) is 11.7 Å². The lowest BCUT2D eigenvalue weighted by Crippen LogP contribution is -2.46. The van der Waals surface area contributed by atoms with Crippen molar-refractivity contribution in [1.82, 2.24) is 20.2 Å². The number of nitrogens with zero attached hydrogens (tertiary/aromatic N) is 2. The molecule has 1 aromatic carbocycles. The van der Waals surface area contributed by atoms with Gasteiger partial charge in [0.15, 0.2) is 0 Å². The van der Waals surface area contributed by atoms with E-state index in [0.717, 1.165) is 10.9 Å². The maximum atomic E-state index is 12.3. The number of rotatable bonds is 7. The molecule has 168 valence electrons. The maximum absolute atomic E-state index is 12.3. The van der Waals surface area contributed by atoms with Crippen LogP contribution in [-0.2, 0) is 4.79 Å². The Morgan fingerprint density at radius 2 is 1.88 bits per heavy atom. The number of benzene rings is 1. The van der Waals surface area contributed by atoms with Gasteiger partial charge in [0.1, 0.15) is 23.4 Å². The number of anilines is 1. The minimum absolute atomic E-state index is 0.188. The number of primary amides is 1. The standard InChI is InChI=1S/C22H26N6O4/c1-13(2)10-17(20(23)29)26-21(30)27-19-12-16(6-8-25-19)32-15-4-5-18-14(11-15)7-9-28(18)22(31)24-3/h4-9,11-13,17H,10H2,1-3H3,(H2,23,29)(H,24,31)(H2,25,26,27,30). The van der Waals surface area contributed by atoms with Gasteiger partial charge in [0.2, 0.25) is 5.91 Å². The minimum atomic E-state index is -0.775. The largest absolute Gasteiger partial charge is 0.457 e. The summed E-state index contributed by atoms with van der Waals surface area (Å²) >= 11 is 0. The molecule has 4 amide bonds. The summed E-state index contributed by atoms with van der Waals surface area (Å²) in [5.74, 6) is 0.848. The molecule has 2 aromatic heterocycles. The van der Waals surface area contributed by atoms with E-state index in [1.54, 1.807) is 43.6 Å². The smallest absolute Gasteiger partial charge is 0.325 e. The predicted molar refractivity (Wildman–Crippen MR) is 121 cm³/mol. The zero-order valence-corrected chi connectivity index (χ0v) is 18.1. The van der Waals surface area contributed by atoms with Gasteiger partial charge in [-0.1, -0.05) is 13.8 Å². The molecule has 3 aromatic rings. The number of nitrogens with one attached hydrogen (secondary N) is 3. The Kier molecular flexibility index (Phi) is 6.93. The van der Waals surface area contributed by atoms with Gasteiger partial charge in [-0.05, 0) is 42.7 Å². The monoisotopic (exact) mass is 438 g/mol. The Balaban J connectivity index is 1.69. The second-order valence-corrected chi connectivity index (χ2v) is 7.62. The van der Waals surface area contributed by atoms with Crippen molar-refractivity contribution in [3.05, 3.63) is 48.8 Å². The first kappa shape index (κ1) is 22.6. The van der Waals surface area contributed by atoms with Crippen molar-refractivity contribution in [2.45, 2.75) is 26.3 Å². The van der Waals surface area contributed by atoms with E-state index in [0.29, 0.717) is 17.9 Å². The summed E-state index contributed by atoms with van der Waals surface area (Å²) < 4.78 is 7.39. The summed E-state index contributed by atoms with van der Waals surface area (Å²) in [6.45, 7) is 3.87. The number of ether oxygens (including phenoxy) is 1. The third kappa shape index (κ3) is 5.54. The molecule has 0 aliphatic rings. The van der Waals surface area contributed by atoms with Crippen molar-refractivity contribution in [1.29, 1.82) is 0 Å². The Morgan fingerprint density at radius 3 is 2.56 bits per heavy atom. The van der Waals surface area contributed by atoms with E-state index in [2.05, 4.69) is 20.9 Å². The number of amides is 4. The normalized spacial score (nSPS) is 11.8. The summed E-state index contributed by atoms with van der Waals surface area (Å²) in [5.41, 5.74) is 6.11.